The average Bonchev–Trinajstić information content (AvgIpc) is 3.21. The number of aromatic nitrogens is 4. The van der Waals surface area contributed by atoms with Crippen molar-refractivity contribution in [3.63, 3.8) is 0 Å². The molecule has 3 heterocycles. The largest absolute Gasteiger partial charge is 0.473 e. The molecule has 32 heavy (non-hydrogen) atoms. The third kappa shape index (κ3) is 3.79. The number of Topliss-reactive ketones (excluding diaryl/α,β-unsaturated/α-hetero) is 1. The molecule has 0 amide bonds. The number of likely N-dealkylation sites (tertiary alicyclic amines) is 1. The van der Waals surface area contributed by atoms with Crippen LogP contribution < -0.4 is 4.74 Å². The summed E-state index contributed by atoms with van der Waals surface area (Å²) in [4.78, 5) is 33.7. The molecule has 1 aliphatic heterocycles. The smallest absolute Gasteiger partial charge is 0.218 e. The Kier molecular flexibility index (Phi) is 5.88. The Balaban J connectivity index is 1.50. The van der Waals surface area contributed by atoms with Gasteiger partial charge in [-0.2, -0.15) is 4.98 Å². The van der Waals surface area contributed by atoms with Gasteiger partial charge < -0.3 is 4.74 Å². The van der Waals surface area contributed by atoms with E-state index >= 15 is 0 Å². The van der Waals surface area contributed by atoms with Gasteiger partial charge in [-0.25, -0.2) is 15.0 Å². The molecule has 2 aromatic rings. The number of hydrogen-bond acceptors (Lipinski definition) is 7. The van der Waals surface area contributed by atoms with E-state index in [1.165, 1.54) is 6.42 Å². The molecule has 7 nitrogen and oxygen atoms in total. The highest BCUT2D eigenvalue weighted by atomic mass is 35.5. The highest BCUT2D eigenvalue weighted by Crippen LogP contribution is 2.46. The van der Waals surface area contributed by atoms with Crippen molar-refractivity contribution in [1.82, 2.24) is 24.8 Å². The number of rotatable bonds is 4. The summed E-state index contributed by atoms with van der Waals surface area (Å²) in [5, 5.41) is 0.323. The average molecular weight is 456 g/mol. The van der Waals surface area contributed by atoms with Gasteiger partial charge in [-0.05, 0) is 65.5 Å². The van der Waals surface area contributed by atoms with E-state index in [-0.39, 0.29) is 6.10 Å². The molecular formula is C24H30ClN5O2. The van der Waals surface area contributed by atoms with E-state index in [1.54, 1.807) is 12.4 Å². The molecule has 8 heteroatoms. The van der Waals surface area contributed by atoms with Gasteiger partial charge in [-0.1, -0.05) is 18.0 Å². The molecule has 2 aliphatic carbocycles. The standard InChI is InChI=1S/C24H30ClN5O2/c1-15(17-8-6-12-30(17)2)32-20-13-19(25)28-23(29-20)21-16-7-5-11-24(22(16)27-14-26-21)10-4-3-9-18(24)31/h13-15,17H,3-12H2,1-2H3/t15-,17-,24?/m0/s1. The molecule has 3 aliphatic rings. The summed E-state index contributed by atoms with van der Waals surface area (Å²) >= 11 is 6.38. The van der Waals surface area contributed by atoms with Crippen LogP contribution in [0.4, 0.5) is 0 Å². The number of carbonyl (C=O) groups is 1. The molecule has 0 bridgehead atoms. The lowest BCUT2D eigenvalue weighted by molar-refractivity contribution is -0.127. The minimum absolute atomic E-state index is 0.0104. The number of ether oxygens (including phenoxy) is 1. The van der Waals surface area contributed by atoms with Gasteiger partial charge in [-0.3, -0.25) is 9.69 Å². The summed E-state index contributed by atoms with van der Waals surface area (Å²) < 4.78 is 6.21. The molecule has 0 aromatic carbocycles. The van der Waals surface area contributed by atoms with Crippen LogP contribution in [0.3, 0.4) is 0 Å². The van der Waals surface area contributed by atoms with Gasteiger partial charge in [0.1, 0.15) is 29.1 Å². The first kappa shape index (κ1) is 21.7. The number of nitrogens with zero attached hydrogens (tertiary/aromatic N) is 5. The van der Waals surface area contributed by atoms with Gasteiger partial charge in [-0.15, -0.1) is 0 Å². The van der Waals surface area contributed by atoms with Crippen LogP contribution >= 0.6 is 11.6 Å². The van der Waals surface area contributed by atoms with Gasteiger partial charge >= 0.3 is 0 Å². The quantitative estimate of drug-likeness (QED) is 0.640. The second kappa shape index (κ2) is 8.67. The van der Waals surface area contributed by atoms with E-state index in [4.69, 9.17) is 16.3 Å². The highest BCUT2D eigenvalue weighted by molar-refractivity contribution is 6.29. The molecule has 5 rings (SSSR count). The molecule has 0 N–H and O–H groups in total. The van der Waals surface area contributed by atoms with Crippen molar-refractivity contribution >= 4 is 17.4 Å². The number of fused-ring (bicyclic) bond motifs is 2. The van der Waals surface area contributed by atoms with Gasteiger partial charge in [0.25, 0.3) is 0 Å². The Hall–Kier alpha value is -2.12. The molecule has 1 saturated heterocycles. The Morgan fingerprint density at radius 2 is 2.00 bits per heavy atom. The molecule has 3 atom stereocenters. The predicted molar refractivity (Wildman–Crippen MR) is 122 cm³/mol. The van der Waals surface area contributed by atoms with Gasteiger partial charge in [0.2, 0.25) is 5.88 Å². The van der Waals surface area contributed by atoms with Crippen molar-refractivity contribution in [2.45, 2.75) is 82.3 Å². The van der Waals surface area contributed by atoms with E-state index in [1.807, 2.05) is 0 Å². The van der Waals surface area contributed by atoms with E-state index in [0.29, 0.717) is 40.8 Å². The van der Waals surface area contributed by atoms with Crippen LogP contribution in [0, 0.1) is 0 Å². The lowest BCUT2D eigenvalue weighted by Gasteiger charge is -2.39. The van der Waals surface area contributed by atoms with Gasteiger partial charge in [0.15, 0.2) is 5.82 Å². The SMILES string of the molecule is C[C@H](Oc1cc(Cl)nc(-c2ncnc3c2CCCC32CCCCC2=O)n1)[C@@H]1CCCN1C. The maximum absolute atomic E-state index is 13.0. The zero-order valence-corrected chi connectivity index (χ0v) is 19.6. The van der Waals surface area contributed by atoms with Crippen LogP contribution in [-0.2, 0) is 16.6 Å². The predicted octanol–water partition coefficient (Wildman–Crippen LogP) is 4.17. The Labute approximate surface area is 194 Å². The molecule has 1 spiro atoms. The molecule has 2 aromatic heterocycles. The van der Waals surface area contributed by atoms with Crippen LogP contribution in [0.25, 0.3) is 11.5 Å². The van der Waals surface area contributed by atoms with E-state index in [9.17, 15) is 4.79 Å². The summed E-state index contributed by atoms with van der Waals surface area (Å²) in [6.45, 7) is 3.16. The Bertz CT molecular complexity index is 1030. The summed E-state index contributed by atoms with van der Waals surface area (Å²) in [5.74, 6) is 1.22. The van der Waals surface area contributed by atoms with Crippen molar-refractivity contribution in [3.8, 4) is 17.4 Å². The normalized spacial score (nSPS) is 26.8. The second-order valence-electron chi connectivity index (χ2n) is 9.48. The van der Waals surface area contributed by atoms with Gasteiger partial charge in [0, 0.05) is 24.1 Å². The van der Waals surface area contributed by atoms with Gasteiger partial charge in [0.05, 0.1) is 11.1 Å². The minimum atomic E-state index is -0.469. The van der Waals surface area contributed by atoms with Crippen molar-refractivity contribution in [2.75, 3.05) is 13.6 Å². The van der Waals surface area contributed by atoms with Crippen LogP contribution in [-0.4, -0.2) is 56.4 Å². The zero-order valence-electron chi connectivity index (χ0n) is 18.8. The number of likely N-dealkylation sites (N-methyl/N-ethyl adjacent to an activating group) is 1. The second-order valence-corrected chi connectivity index (χ2v) is 9.87. The van der Waals surface area contributed by atoms with Crippen molar-refractivity contribution in [3.05, 3.63) is 28.8 Å². The Morgan fingerprint density at radius 3 is 2.78 bits per heavy atom. The lowest BCUT2D eigenvalue weighted by atomic mass is 9.63. The maximum atomic E-state index is 13.0. The number of hydrogen-bond donors (Lipinski definition) is 0. The summed E-state index contributed by atoms with van der Waals surface area (Å²) in [7, 11) is 2.13. The van der Waals surface area contributed by atoms with Crippen LogP contribution in [0.1, 0.15) is 69.5 Å². The Morgan fingerprint density at radius 1 is 1.16 bits per heavy atom. The fraction of sp³-hybridized carbons (Fsp3) is 0.625. The number of carbonyl (C=O) groups excluding carboxylic acids is 1. The monoisotopic (exact) mass is 455 g/mol. The third-order valence-electron chi connectivity index (χ3n) is 7.53. The third-order valence-corrected chi connectivity index (χ3v) is 7.72. The molecule has 2 fully saturated rings. The van der Waals surface area contributed by atoms with Crippen LogP contribution in [0.15, 0.2) is 12.4 Å². The van der Waals surface area contributed by atoms with E-state index in [0.717, 1.165) is 62.7 Å². The number of halogens is 1. The zero-order chi connectivity index (χ0) is 22.3. The molecule has 0 radical (unpaired) electrons. The summed E-state index contributed by atoms with van der Waals surface area (Å²) in [6.07, 6.45) is 9.98. The fourth-order valence-electron chi connectivity index (χ4n) is 5.91. The fourth-order valence-corrected chi connectivity index (χ4v) is 6.08. The summed E-state index contributed by atoms with van der Waals surface area (Å²) in [6, 6.07) is 2.02. The first-order chi connectivity index (χ1) is 15.5. The first-order valence-electron chi connectivity index (χ1n) is 11.8. The molecule has 170 valence electrons. The van der Waals surface area contributed by atoms with Crippen molar-refractivity contribution in [1.29, 1.82) is 0 Å². The topological polar surface area (TPSA) is 81.1 Å². The molecular weight excluding hydrogens is 426 g/mol. The van der Waals surface area contributed by atoms with E-state index in [2.05, 4.69) is 38.8 Å². The minimum Gasteiger partial charge on any atom is -0.473 e. The summed E-state index contributed by atoms with van der Waals surface area (Å²) in [5.41, 5.74) is 2.07. The van der Waals surface area contributed by atoms with Crippen LogP contribution in [0.2, 0.25) is 5.15 Å². The molecule has 1 unspecified atom stereocenters. The molecule has 1 saturated carbocycles. The highest BCUT2D eigenvalue weighted by Gasteiger charge is 2.46. The van der Waals surface area contributed by atoms with E-state index < -0.39 is 5.41 Å². The van der Waals surface area contributed by atoms with Crippen molar-refractivity contribution < 1.29 is 9.53 Å². The lowest BCUT2D eigenvalue weighted by Crippen LogP contribution is -2.42. The van der Waals surface area contributed by atoms with Crippen molar-refractivity contribution in [2.24, 2.45) is 0 Å². The maximum Gasteiger partial charge on any atom is 0.218 e. The first-order valence-corrected chi connectivity index (χ1v) is 12.2. The number of ketones is 1. The van der Waals surface area contributed by atoms with Crippen LogP contribution in [0.5, 0.6) is 5.88 Å².